The Kier molecular flexibility index (Phi) is 5.52. The second kappa shape index (κ2) is 8.19. The summed E-state index contributed by atoms with van der Waals surface area (Å²) >= 11 is 0. The lowest BCUT2D eigenvalue weighted by Crippen LogP contribution is -2.41. The predicted molar refractivity (Wildman–Crippen MR) is 104 cm³/mol. The molecule has 27 heavy (non-hydrogen) atoms. The molecule has 0 fully saturated rings. The second-order valence-electron chi connectivity index (χ2n) is 6.17. The maximum Gasteiger partial charge on any atom is 0.269 e. The molecule has 136 valence electrons. The van der Waals surface area contributed by atoms with Gasteiger partial charge in [0.15, 0.2) is 0 Å². The molecular formula is C22H20N2O3. The molecule has 0 radical (unpaired) electrons. The highest BCUT2D eigenvalue weighted by Crippen LogP contribution is 2.21. The Labute approximate surface area is 158 Å². The Morgan fingerprint density at radius 2 is 1.44 bits per heavy atom. The van der Waals surface area contributed by atoms with Crippen LogP contribution in [-0.4, -0.2) is 11.8 Å². The summed E-state index contributed by atoms with van der Waals surface area (Å²) in [5.41, 5.74) is 7.70. The van der Waals surface area contributed by atoms with E-state index >= 15 is 0 Å². The number of amides is 2. The van der Waals surface area contributed by atoms with Crippen LogP contribution in [0.1, 0.15) is 31.8 Å². The molecule has 0 bridgehead atoms. The normalized spacial score (nSPS) is 10.1. The average molecular weight is 360 g/mol. The molecule has 3 aromatic carbocycles. The van der Waals surface area contributed by atoms with Crippen molar-refractivity contribution in [1.29, 1.82) is 0 Å². The van der Waals surface area contributed by atoms with E-state index in [2.05, 4.69) is 10.9 Å². The van der Waals surface area contributed by atoms with Crippen LogP contribution >= 0.6 is 0 Å². The fourth-order valence-corrected chi connectivity index (χ4v) is 2.65. The van der Waals surface area contributed by atoms with Gasteiger partial charge in [0.05, 0.1) is 0 Å². The number of ether oxygens (including phenoxy) is 1. The van der Waals surface area contributed by atoms with Gasteiger partial charge in [-0.05, 0) is 55.8 Å². The number of para-hydroxylation sites is 1. The zero-order valence-electron chi connectivity index (χ0n) is 15.2. The molecule has 3 rings (SSSR count). The van der Waals surface area contributed by atoms with Crippen LogP contribution in [0.3, 0.4) is 0 Å². The second-order valence-corrected chi connectivity index (χ2v) is 6.17. The third kappa shape index (κ3) is 4.73. The van der Waals surface area contributed by atoms with Crippen molar-refractivity contribution in [1.82, 2.24) is 10.9 Å². The SMILES string of the molecule is Cc1ccc(C(=O)NNC(=O)c2cccc(Oc3ccccc3)c2)c(C)c1. The summed E-state index contributed by atoms with van der Waals surface area (Å²) in [7, 11) is 0. The van der Waals surface area contributed by atoms with Crippen LogP contribution in [0.25, 0.3) is 0 Å². The summed E-state index contributed by atoms with van der Waals surface area (Å²) in [6.07, 6.45) is 0. The first-order valence-corrected chi connectivity index (χ1v) is 8.54. The molecule has 0 aromatic heterocycles. The summed E-state index contributed by atoms with van der Waals surface area (Å²) in [4.78, 5) is 24.6. The Morgan fingerprint density at radius 1 is 0.741 bits per heavy atom. The zero-order chi connectivity index (χ0) is 19.2. The van der Waals surface area contributed by atoms with Gasteiger partial charge >= 0.3 is 0 Å². The van der Waals surface area contributed by atoms with Crippen molar-refractivity contribution in [3.05, 3.63) is 95.1 Å². The highest BCUT2D eigenvalue weighted by molar-refractivity contribution is 5.99. The lowest BCUT2D eigenvalue weighted by molar-refractivity contribution is 0.0846. The van der Waals surface area contributed by atoms with E-state index in [1.807, 2.05) is 56.3 Å². The number of nitrogens with one attached hydrogen (secondary N) is 2. The van der Waals surface area contributed by atoms with Gasteiger partial charge in [-0.1, -0.05) is 42.0 Å². The van der Waals surface area contributed by atoms with Crippen molar-refractivity contribution in [2.75, 3.05) is 0 Å². The van der Waals surface area contributed by atoms with E-state index in [0.29, 0.717) is 22.6 Å². The number of carbonyl (C=O) groups excluding carboxylic acids is 2. The quantitative estimate of drug-likeness (QED) is 0.686. The predicted octanol–water partition coefficient (Wildman–Crippen LogP) is 4.17. The number of benzene rings is 3. The van der Waals surface area contributed by atoms with E-state index in [-0.39, 0.29) is 5.91 Å². The average Bonchev–Trinajstić information content (AvgIpc) is 2.67. The van der Waals surface area contributed by atoms with Crippen LogP contribution in [0.4, 0.5) is 0 Å². The maximum absolute atomic E-state index is 12.3. The van der Waals surface area contributed by atoms with E-state index in [0.717, 1.165) is 11.1 Å². The van der Waals surface area contributed by atoms with Crippen LogP contribution in [0.2, 0.25) is 0 Å². The van der Waals surface area contributed by atoms with Gasteiger partial charge < -0.3 is 4.74 Å². The molecule has 0 unspecified atom stereocenters. The molecule has 0 aliphatic heterocycles. The molecule has 0 aliphatic rings. The van der Waals surface area contributed by atoms with Gasteiger partial charge in [0.25, 0.3) is 11.8 Å². The van der Waals surface area contributed by atoms with Crippen LogP contribution in [0, 0.1) is 13.8 Å². The highest BCUT2D eigenvalue weighted by atomic mass is 16.5. The van der Waals surface area contributed by atoms with Crippen LogP contribution in [0.5, 0.6) is 11.5 Å². The number of hydrogen-bond acceptors (Lipinski definition) is 3. The Bertz CT molecular complexity index is 968. The highest BCUT2D eigenvalue weighted by Gasteiger charge is 2.12. The minimum Gasteiger partial charge on any atom is -0.457 e. The van der Waals surface area contributed by atoms with Crippen molar-refractivity contribution in [2.24, 2.45) is 0 Å². The first-order chi connectivity index (χ1) is 13.0. The van der Waals surface area contributed by atoms with E-state index in [9.17, 15) is 9.59 Å². The molecule has 3 aromatic rings. The third-order valence-electron chi connectivity index (χ3n) is 3.99. The van der Waals surface area contributed by atoms with Gasteiger partial charge in [-0.25, -0.2) is 0 Å². The van der Waals surface area contributed by atoms with Gasteiger partial charge in [-0.3, -0.25) is 20.4 Å². The van der Waals surface area contributed by atoms with Crippen LogP contribution in [0.15, 0.2) is 72.8 Å². The van der Waals surface area contributed by atoms with Crippen molar-refractivity contribution in [3.8, 4) is 11.5 Å². The molecule has 2 amide bonds. The van der Waals surface area contributed by atoms with Crippen LogP contribution in [-0.2, 0) is 0 Å². The molecule has 0 aliphatic carbocycles. The minimum absolute atomic E-state index is 0.363. The Hall–Kier alpha value is -3.60. The summed E-state index contributed by atoms with van der Waals surface area (Å²) in [6, 6.07) is 21.6. The first kappa shape index (κ1) is 18.2. The van der Waals surface area contributed by atoms with Gasteiger partial charge in [0, 0.05) is 11.1 Å². The summed E-state index contributed by atoms with van der Waals surface area (Å²) in [5.74, 6) is 0.428. The number of hydrazine groups is 1. The fourth-order valence-electron chi connectivity index (χ4n) is 2.65. The van der Waals surface area contributed by atoms with E-state index in [1.54, 1.807) is 30.3 Å². The largest absolute Gasteiger partial charge is 0.457 e. The number of carbonyl (C=O) groups is 2. The van der Waals surface area contributed by atoms with E-state index in [4.69, 9.17) is 4.74 Å². The monoisotopic (exact) mass is 360 g/mol. The van der Waals surface area contributed by atoms with E-state index < -0.39 is 5.91 Å². The van der Waals surface area contributed by atoms with Crippen molar-refractivity contribution in [3.63, 3.8) is 0 Å². The number of hydrogen-bond donors (Lipinski definition) is 2. The van der Waals surface area contributed by atoms with Gasteiger partial charge in [-0.15, -0.1) is 0 Å². The third-order valence-corrected chi connectivity index (χ3v) is 3.99. The number of aryl methyl sites for hydroxylation is 2. The molecule has 0 heterocycles. The summed E-state index contributed by atoms with van der Waals surface area (Å²) < 4.78 is 5.72. The fraction of sp³-hybridized carbons (Fsp3) is 0.0909. The summed E-state index contributed by atoms with van der Waals surface area (Å²) in [6.45, 7) is 3.81. The molecule has 0 saturated carbocycles. The lowest BCUT2D eigenvalue weighted by atomic mass is 10.1. The standard InChI is InChI=1S/C22H20N2O3/c1-15-11-12-20(16(2)13-15)22(26)24-23-21(25)17-7-6-10-19(14-17)27-18-8-4-3-5-9-18/h3-14H,1-2H3,(H,23,25)(H,24,26). The topological polar surface area (TPSA) is 67.4 Å². The minimum atomic E-state index is -0.424. The molecule has 5 nitrogen and oxygen atoms in total. The van der Waals surface area contributed by atoms with Gasteiger partial charge in [0.2, 0.25) is 0 Å². The first-order valence-electron chi connectivity index (χ1n) is 8.54. The molecule has 0 atom stereocenters. The van der Waals surface area contributed by atoms with Gasteiger partial charge in [-0.2, -0.15) is 0 Å². The van der Waals surface area contributed by atoms with Crippen molar-refractivity contribution in [2.45, 2.75) is 13.8 Å². The van der Waals surface area contributed by atoms with Crippen molar-refractivity contribution < 1.29 is 14.3 Å². The zero-order valence-corrected chi connectivity index (χ0v) is 15.2. The Balaban J connectivity index is 1.64. The lowest BCUT2D eigenvalue weighted by Gasteiger charge is -2.11. The van der Waals surface area contributed by atoms with Crippen molar-refractivity contribution >= 4 is 11.8 Å². The smallest absolute Gasteiger partial charge is 0.269 e. The Morgan fingerprint density at radius 3 is 2.19 bits per heavy atom. The maximum atomic E-state index is 12.3. The molecule has 0 saturated heterocycles. The van der Waals surface area contributed by atoms with Gasteiger partial charge in [0.1, 0.15) is 11.5 Å². The molecule has 0 spiro atoms. The van der Waals surface area contributed by atoms with E-state index in [1.165, 1.54) is 0 Å². The van der Waals surface area contributed by atoms with Crippen LogP contribution < -0.4 is 15.6 Å². The molecule has 5 heteroatoms. The molecular weight excluding hydrogens is 340 g/mol. The summed E-state index contributed by atoms with van der Waals surface area (Å²) in [5, 5.41) is 0. The number of rotatable bonds is 4. The molecule has 2 N–H and O–H groups in total.